The third-order valence-electron chi connectivity index (χ3n) is 1.82. The molecule has 1 aliphatic heterocycles. The minimum absolute atomic E-state index is 0. The zero-order valence-electron chi connectivity index (χ0n) is 8.21. The second-order valence-corrected chi connectivity index (χ2v) is 3.01. The van der Waals surface area contributed by atoms with Crippen LogP contribution < -0.4 is 16.8 Å². The van der Waals surface area contributed by atoms with Crippen molar-refractivity contribution in [3.05, 3.63) is 11.9 Å². The van der Waals surface area contributed by atoms with Gasteiger partial charge < -0.3 is 21.9 Å². The van der Waals surface area contributed by atoms with Crippen LogP contribution in [0.3, 0.4) is 0 Å². The number of hydrogen-bond acceptors (Lipinski definition) is 5. The van der Waals surface area contributed by atoms with Gasteiger partial charge in [-0.05, 0) is 7.05 Å². The summed E-state index contributed by atoms with van der Waals surface area (Å²) in [5, 5.41) is 14.8. The summed E-state index contributed by atoms with van der Waals surface area (Å²) in [7, 11) is 2.10. The highest BCUT2D eigenvalue weighted by Crippen LogP contribution is 1.97. The summed E-state index contributed by atoms with van der Waals surface area (Å²) >= 11 is 0. The smallest absolute Gasteiger partial charge is 0.0603 e. The van der Waals surface area contributed by atoms with E-state index in [1.54, 1.807) is 0 Å². The van der Waals surface area contributed by atoms with E-state index in [0.29, 0.717) is 6.54 Å². The lowest BCUT2D eigenvalue weighted by Crippen LogP contribution is -2.40. The van der Waals surface area contributed by atoms with Crippen LogP contribution in [0.15, 0.2) is 11.9 Å². The lowest BCUT2D eigenvalue weighted by molar-refractivity contribution is 0.296. The van der Waals surface area contributed by atoms with E-state index < -0.39 is 0 Å². The zero-order valence-corrected chi connectivity index (χ0v) is 8.21. The maximum Gasteiger partial charge on any atom is 0.0603 e. The Morgan fingerprint density at radius 1 is 1.69 bits per heavy atom. The molecule has 0 radical (unpaired) electrons. The van der Waals surface area contributed by atoms with E-state index in [0.717, 1.165) is 19.6 Å². The van der Waals surface area contributed by atoms with Crippen molar-refractivity contribution in [3.8, 4) is 0 Å². The molecular weight excluding hydrogens is 168 g/mol. The van der Waals surface area contributed by atoms with Gasteiger partial charge in [0, 0.05) is 38.1 Å². The van der Waals surface area contributed by atoms with Crippen LogP contribution in [0.2, 0.25) is 0 Å². The Bertz CT molecular complexity index is 160. The molecule has 0 aromatic heterocycles. The van der Waals surface area contributed by atoms with E-state index in [2.05, 4.69) is 22.6 Å². The molecule has 0 unspecified atom stereocenters. The largest absolute Gasteiger partial charge is 0.395 e. The quantitative estimate of drug-likeness (QED) is 0.432. The number of aliphatic hydroxyl groups excluding tert-OH is 1. The van der Waals surface area contributed by atoms with E-state index in [1.165, 1.54) is 5.70 Å². The van der Waals surface area contributed by atoms with Gasteiger partial charge in [0.05, 0.1) is 6.61 Å². The molecule has 0 amide bonds. The second-order valence-electron chi connectivity index (χ2n) is 3.01. The van der Waals surface area contributed by atoms with Crippen LogP contribution >= 0.6 is 0 Å². The molecule has 1 rings (SSSR count). The second kappa shape index (κ2) is 6.71. The van der Waals surface area contributed by atoms with Crippen LogP contribution in [-0.2, 0) is 0 Å². The molecule has 1 saturated heterocycles. The standard InChI is InChI=1S/C8H17N3O.H3N/c1-11-4-2-10-8(7-11)6-9-3-5-12;/h6,9-10,12H,2-5,7H2,1H3;1H3/b8-6-;. The maximum absolute atomic E-state index is 8.53. The molecule has 5 nitrogen and oxygen atoms in total. The SMILES string of the molecule is CN1CCN/C(=C\NCCO)C1.N. The van der Waals surface area contributed by atoms with E-state index in [4.69, 9.17) is 5.11 Å². The summed E-state index contributed by atoms with van der Waals surface area (Å²) in [5.74, 6) is 0. The summed E-state index contributed by atoms with van der Waals surface area (Å²) in [6, 6.07) is 0. The minimum Gasteiger partial charge on any atom is -0.395 e. The average molecular weight is 188 g/mol. The molecule has 0 aromatic rings. The lowest BCUT2D eigenvalue weighted by atomic mass is 10.3. The summed E-state index contributed by atoms with van der Waals surface area (Å²) < 4.78 is 0. The molecule has 0 spiro atoms. The first-order valence-electron chi connectivity index (χ1n) is 4.28. The highest BCUT2D eigenvalue weighted by atomic mass is 16.3. The molecule has 5 heteroatoms. The third-order valence-corrected chi connectivity index (χ3v) is 1.82. The summed E-state index contributed by atoms with van der Waals surface area (Å²) in [6.07, 6.45) is 1.94. The van der Waals surface area contributed by atoms with Crippen LogP contribution in [0.25, 0.3) is 0 Å². The van der Waals surface area contributed by atoms with Gasteiger partial charge in [0.1, 0.15) is 0 Å². The average Bonchev–Trinajstić information content (AvgIpc) is 2.05. The van der Waals surface area contributed by atoms with E-state index >= 15 is 0 Å². The number of nitrogens with one attached hydrogen (secondary N) is 2. The van der Waals surface area contributed by atoms with Gasteiger partial charge in [-0.2, -0.15) is 0 Å². The number of likely N-dealkylation sites (N-methyl/N-ethyl adjacent to an activating group) is 1. The first kappa shape index (κ1) is 12.2. The topological polar surface area (TPSA) is 82.5 Å². The zero-order chi connectivity index (χ0) is 8.81. The van der Waals surface area contributed by atoms with Crippen LogP contribution in [0, 0.1) is 0 Å². The van der Waals surface area contributed by atoms with Crippen molar-refractivity contribution in [2.45, 2.75) is 0 Å². The first-order chi connectivity index (χ1) is 5.83. The normalized spacial score (nSPS) is 20.6. The van der Waals surface area contributed by atoms with Gasteiger partial charge in [0.25, 0.3) is 0 Å². The van der Waals surface area contributed by atoms with Gasteiger partial charge in [-0.25, -0.2) is 0 Å². The Balaban J connectivity index is 0.00000144. The fourth-order valence-electron chi connectivity index (χ4n) is 1.19. The number of hydrogen-bond donors (Lipinski definition) is 4. The lowest BCUT2D eigenvalue weighted by Gasteiger charge is -2.26. The van der Waals surface area contributed by atoms with Crippen molar-refractivity contribution in [2.75, 3.05) is 39.8 Å². The van der Waals surface area contributed by atoms with Gasteiger partial charge in [-0.1, -0.05) is 0 Å². The molecule has 0 saturated carbocycles. The summed E-state index contributed by atoms with van der Waals surface area (Å²) in [6.45, 7) is 3.85. The number of rotatable bonds is 3. The fourth-order valence-corrected chi connectivity index (χ4v) is 1.19. The van der Waals surface area contributed by atoms with Crippen molar-refractivity contribution < 1.29 is 5.11 Å². The highest BCUT2D eigenvalue weighted by molar-refractivity contribution is 5.03. The highest BCUT2D eigenvalue weighted by Gasteiger charge is 2.07. The van der Waals surface area contributed by atoms with Crippen LogP contribution in [0.5, 0.6) is 0 Å². The molecule has 0 bridgehead atoms. The van der Waals surface area contributed by atoms with Gasteiger partial charge in [0.15, 0.2) is 0 Å². The molecule has 6 N–H and O–H groups in total. The van der Waals surface area contributed by atoms with Crippen LogP contribution in [0.4, 0.5) is 0 Å². The van der Waals surface area contributed by atoms with Gasteiger partial charge >= 0.3 is 0 Å². The van der Waals surface area contributed by atoms with E-state index in [1.807, 2.05) is 6.20 Å². The number of aliphatic hydroxyl groups is 1. The Labute approximate surface area is 79.4 Å². The monoisotopic (exact) mass is 188 g/mol. The van der Waals surface area contributed by atoms with Crippen molar-refractivity contribution in [1.29, 1.82) is 0 Å². The molecule has 0 aliphatic carbocycles. The van der Waals surface area contributed by atoms with Gasteiger partial charge in [0.2, 0.25) is 0 Å². The third kappa shape index (κ3) is 4.72. The Morgan fingerprint density at radius 3 is 3.08 bits per heavy atom. The molecule has 1 aliphatic rings. The Hall–Kier alpha value is -0.780. The van der Waals surface area contributed by atoms with Crippen molar-refractivity contribution in [3.63, 3.8) is 0 Å². The summed E-state index contributed by atoms with van der Waals surface area (Å²) in [4.78, 5) is 2.25. The molecule has 13 heavy (non-hydrogen) atoms. The van der Waals surface area contributed by atoms with Gasteiger partial charge in [-0.15, -0.1) is 0 Å². The predicted molar refractivity (Wildman–Crippen MR) is 53.7 cm³/mol. The van der Waals surface area contributed by atoms with E-state index in [-0.39, 0.29) is 12.8 Å². The maximum atomic E-state index is 8.53. The molecule has 0 aromatic carbocycles. The van der Waals surface area contributed by atoms with Crippen molar-refractivity contribution >= 4 is 0 Å². The van der Waals surface area contributed by atoms with Gasteiger partial charge in [-0.3, -0.25) is 4.90 Å². The molecule has 78 valence electrons. The minimum atomic E-state index is 0. The van der Waals surface area contributed by atoms with Crippen molar-refractivity contribution in [2.24, 2.45) is 0 Å². The Kier molecular flexibility index (Phi) is 6.30. The number of nitrogens with zero attached hydrogens (tertiary/aromatic N) is 1. The predicted octanol–water partition coefficient (Wildman–Crippen LogP) is -0.893. The van der Waals surface area contributed by atoms with E-state index in [9.17, 15) is 0 Å². The first-order valence-corrected chi connectivity index (χ1v) is 4.28. The summed E-state index contributed by atoms with van der Waals surface area (Å²) in [5.41, 5.74) is 1.19. The molecule has 1 heterocycles. The Morgan fingerprint density at radius 2 is 2.46 bits per heavy atom. The van der Waals surface area contributed by atoms with Crippen LogP contribution in [-0.4, -0.2) is 49.8 Å². The number of piperazine rings is 1. The molecule has 1 fully saturated rings. The van der Waals surface area contributed by atoms with Crippen molar-refractivity contribution in [1.82, 2.24) is 21.7 Å². The molecule has 0 atom stereocenters. The molecular formula is C8H20N4O. The fraction of sp³-hybridized carbons (Fsp3) is 0.750. The van der Waals surface area contributed by atoms with Crippen LogP contribution in [0.1, 0.15) is 0 Å².